The number of likely N-dealkylation sites (tertiary alicyclic amines) is 1. The Kier molecular flexibility index (Phi) is 7.99. The molecule has 0 bridgehead atoms. The lowest BCUT2D eigenvalue weighted by molar-refractivity contribution is -0.189. The molecule has 184 valence electrons. The molecule has 1 saturated carbocycles. The second-order valence-electron chi connectivity index (χ2n) is 9.47. The molecular formula is C24H32ClF3N2O3. The van der Waals surface area contributed by atoms with E-state index in [1.807, 2.05) is 0 Å². The van der Waals surface area contributed by atoms with Crippen molar-refractivity contribution in [2.75, 3.05) is 25.0 Å². The number of hydrogen-bond acceptors (Lipinski definition) is 4. The van der Waals surface area contributed by atoms with E-state index in [0.717, 1.165) is 38.2 Å². The van der Waals surface area contributed by atoms with Crippen molar-refractivity contribution in [1.29, 1.82) is 0 Å². The van der Waals surface area contributed by atoms with Crippen LogP contribution in [-0.2, 0) is 20.7 Å². The lowest BCUT2D eigenvalue weighted by atomic mass is 9.90. The summed E-state index contributed by atoms with van der Waals surface area (Å²) in [6, 6.07) is 3.58. The van der Waals surface area contributed by atoms with Crippen molar-refractivity contribution in [3.8, 4) is 0 Å². The van der Waals surface area contributed by atoms with Crippen LogP contribution in [0.2, 0.25) is 5.02 Å². The van der Waals surface area contributed by atoms with Crippen LogP contribution in [0.1, 0.15) is 52.0 Å². The van der Waals surface area contributed by atoms with Crippen LogP contribution in [0.15, 0.2) is 18.2 Å². The number of ether oxygens (including phenoxy) is 1. The van der Waals surface area contributed by atoms with Crippen molar-refractivity contribution < 1.29 is 27.5 Å². The van der Waals surface area contributed by atoms with E-state index in [4.69, 9.17) is 16.3 Å². The molecule has 1 aliphatic heterocycles. The van der Waals surface area contributed by atoms with Crippen LogP contribution in [0.3, 0.4) is 0 Å². The first-order valence-corrected chi connectivity index (χ1v) is 11.9. The summed E-state index contributed by atoms with van der Waals surface area (Å²) in [5.74, 6) is -3.29. The number of nitrogens with one attached hydrogen (secondary N) is 1. The summed E-state index contributed by atoms with van der Waals surface area (Å²) in [7, 11) is 0. The van der Waals surface area contributed by atoms with Crippen LogP contribution >= 0.6 is 11.6 Å². The quantitative estimate of drug-likeness (QED) is 0.493. The third-order valence-corrected chi connectivity index (χ3v) is 7.32. The SMILES string of the molecule is CCOC(=O)[C@@H](C)Cc1ccc(Cl)c(NC(=O)C(C(C)C(F)(F)F)N2CCC3(CC2)CC3)c1. The summed E-state index contributed by atoms with van der Waals surface area (Å²) >= 11 is 6.25. The standard InChI is InChI=1S/C24H32ClF3N2O3/c1-4-33-22(32)15(2)13-17-5-6-18(25)19(14-17)29-21(31)20(16(3)24(26,27)28)30-11-9-23(7-8-23)10-12-30/h5-6,14-16,20H,4,7-13H2,1-3H3,(H,29,31)/t15-,16?,20?/m0/s1. The topological polar surface area (TPSA) is 58.6 Å². The number of esters is 1. The third-order valence-electron chi connectivity index (χ3n) is 6.99. The average molecular weight is 489 g/mol. The van der Waals surface area contributed by atoms with Gasteiger partial charge in [0, 0.05) is 0 Å². The van der Waals surface area contributed by atoms with Crippen molar-refractivity contribution in [1.82, 2.24) is 4.90 Å². The number of piperidine rings is 1. The minimum absolute atomic E-state index is 0.227. The lowest BCUT2D eigenvalue weighted by Crippen LogP contribution is -2.54. The molecule has 33 heavy (non-hydrogen) atoms. The van der Waals surface area contributed by atoms with Gasteiger partial charge in [-0.1, -0.05) is 31.5 Å². The highest BCUT2D eigenvalue weighted by Crippen LogP contribution is 2.54. The van der Waals surface area contributed by atoms with Gasteiger partial charge < -0.3 is 10.1 Å². The monoisotopic (exact) mass is 488 g/mol. The number of carbonyl (C=O) groups is 2. The van der Waals surface area contributed by atoms with Crippen LogP contribution in [-0.4, -0.2) is 48.7 Å². The maximum atomic E-state index is 13.7. The third kappa shape index (κ3) is 6.41. The Labute approximate surface area is 198 Å². The van der Waals surface area contributed by atoms with E-state index >= 15 is 0 Å². The van der Waals surface area contributed by atoms with Gasteiger partial charge in [-0.2, -0.15) is 13.2 Å². The number of halogens is 4. The molecule has 5 nitrogen and oxygen atoms in total. The van der Waals surface area contributed by atoms with Crippen molar-refractivity contribution >= 4 is 29.2 Å². The van der Waals surface area contributed by atoms with Crippen LogP contribution in [0, 0.1) is 17.3 Å². The molecule has 9 heteroatoms. The molecule has 1 aliphatic carbocycles. The summed E-state index contributed by atoms with van der Waals surface area (Å²) in [6.45, 7) is 5.75. The largest absolute Gasteiger partial charge is 0.466 e. The van der Waals surface area contributed by atoms with Gasteiger partial charge in [-0.3, -0.25) is 14.5 Å². The van der Waals surface area contributed by atoms with Crippen LogP contribution in [0.5, 0.6) is 0 Å². The van der Waals surface area contributed by atoms with Gasteiger partial charge in [-0.05, 0) is 75.2 Å². The van der Waals surface area contributed by atoms with Gasteiger partial charge in [-0.15, -0.1) is 0 Å². The van der Waals surface area contributed by atoms with Gasteiger partial charge >= 0.3 is 12.1 Å². The predicted octanol–water partition coefficient (Wildman–Crippen LogP) is 5.46. The number of rotatable bonds is 8. The summed E-state index contributed by atoms with van der Waals surface area (Å²) in [5, 5.41) is 2.86. The van der Waals surface area contributed by atoms with Crippen molar-refractivity contribution in [2.45, 2.75) is 65.1 Å². The Bertz CT molecular complexity index is 863. The van der Waals surface area contributed by atoms with Gasteiger partial charge in [0.25, 0.3) is 0 Å². The summed E-state index contributed by atoms with van der Waals surface area (Å²) in [6.07, 6.45) is -0.252. The molecule has 3 atom stereocenters. The van der Waals surface area contributed by atoms with Gasteiger partial charge in [-0.25, -0.2) is 0 Å². The Morgan fingerprint density at radius 3 is 2.36 bits per heavy atom. The van der Waals surface area contributed by atoms with Gasteiger partial charge in [0.2, 0.25) is 5.91 Å². The minimum Gasteiger partial charge on any atom is -0.466 e. The first-order chi connectivity index (χ1) is 15.5. The normalized spacial score (nSPS) is 20.7. The van der Waals surface area contributed by atoms with Gasteiger partial charge in [0.1, 0.15) is 6.04 Å². The number of nitrogens with zero attached hydrogens (tertiary/aromatic N) is 1. The van der Waals surface area contributed by atoms with Crippen molar-refractivity contribution in [3.63, 3.8) is 0 Å². The van der Waals surface area contributed by atoms with E-state index < -0.39 is 30.0 Å². The maximum Gasteiger partial charge on any atom is 0.393 e. The molecule has 3 rings (SSSR count). The van der Waals surface area contributed by atoms with Crippen LogP contribution < -0.4 is 5.32 Å². The molecule has 0 aromatic heterocycles. The highest BCUT2D eigenvalue weighted by molar-refractivity contribution is 6.33. The minimum atomic E-state index is -4.50. The number of amides is 1. The highest BCUT2D eigenvalue weighted by atomic mass is 35.5. The van der Waals surface area contributed by atoms with Crippen LogP contribution in [0.25, 0.3) is 0 Å². The summed E-state index contributed by atoms with van der Waals surface area (Å²) in [5.41, 5.74) is 1.25. The van der Waals surface area contributed by atoms with Crippen molar-refractivity contribution in [3.05, 3.63) is 28.8 Å². The molecule has 2 fully saturated rings. The zero-order valence-corrected chi connectivity index (χ0v) is 20.1. The summed E-state index contributed by atoms with van der Waals surface area (Å²) in [4.78, 5) is 26.8. The Balaban J connectivity index is 1.76. The van der Waals surface area contributed by atoms with Gasteiger partial charge in [0.05, 0.1) is 29.2 Å². The number of alkyl halides is 3. The van der Waals surface area contributed by atoms with E-state index in [1.54, 1.807) is 36.9 Å². The number of anilines is 1. The smallest absolute Gasteiger partial charge is 0.393 e. The number of carbonyl (C=O) groups excluding carboxylic acids is 2. The fraction of sp³-hybridized carbons (Fsp3) is 0.667. The molecule has 1 N–H and O–H groups in total. The fourth-order valence-corrected chi connectivity index (χ4v) is 4.73. The van der Waals surface area contributed by atoms with Gasteiger partial charge in [0.15, 0.2) is 0 Å². The van der Waals surface area contributed by atoms with Crippen LogP contribution in [0.4, 0.5) is 18.9 Å². The second-order valence-corrected chi connectivity index (χ2v) is 9.88. The first-order valence-electron chi connectivity index (χ1n) is 11.5. The molecule has 0 radical (unpaired) electrons. The predicted molar refractivity (Wildman–Crippen MR) is 121 cm³/mol. The first kappa shape index (κ1) is 25.8. The number of hydrogen-bond donors (Lipinski definition) is 1. The van der Waals surface area contributed by atoms with E-state index in [1.165, 1.54) is 0 Å². The zero-order valence-electron chi connectivity index (χ0n) is 19.3. The molecule has 1 amide bonds. The average Bonchev–Trinajstić information content (AvgIpc) is 3.50. The lowest BCUT2D eigenvalue weighted by Gasteiger charge is -2.40. The van der Waals surface area contributed by atoms with E-state index in [9.17, 15) is 22.8 Å². The van der Waals surface area contributed by atoms with E-state index in [-0.39, 0.29) is 28.7 Å². The molecule has 1 saturated heterocycles. The van der Waals surface area contributed by atoms with E-state index in [2.05, 4.69) is 5.32 Å². The fourth-order valence-electron chi connectivity index (χ4n) is 4.56. The Morgan fingerprint density at radius 1 is 1.18 bits per heavy atom. The molecule has 2 unspecified atom stereocenters. The molecule has 1 aromatic carbocycles. The molecule has 1 spiro atoms. The Hall–Kier alpha value is -1.80. The molecule has 2 aliphatic rings. The maximum absolute atomic E-state index is 13.7. The van der Waals surface area contributed by atoms with Crippen molar-refractivity contribution in [2.24, 2.45) is 17.3 Å². The molecule has 1 heterocycles. The Morgan fingerprint density at radius 2 is 1.82 bits per heavy atom. The van der Waals surface area contributed by atoms with E-state index in [0.29, 0.717) is 19.5 Å². The zero-order chi connectivity index (χ0) is 24.4. The molecular weight excluding hydrogens is 457 g/mol. The molecule has 1 aromatic rings. The summed E-state index contributed by atoms with van der Waals surface area (Å²) < 4.78 is 46.0. The highest BCUT2D eigenvalue weighted by Gasteiger charge is 2.50. The number of benzene rings is 1. The second kappa shape index (κ2) is 10.2.